The average molecular weight is 403 g/mol. The smallest absolute Gasteiger partial charge is 0.252 e. The van der Waals surface area contributed by atoms with E-state index >= 15 is 0 Å². The number of benzene rings is 2. The molecular formula is C19H16BrFN2O2. The Kier molecular flexibility index (Phi) is 4.99. The van der Waals surface area contributed by atoms with E-state index in [1.54, 1.807) is 18.2 Å². The SMILES string of the molecule is COc1ccc(CNC(=O)c2cc(C)nc3cc(Br)ccc23)cc1F. The molecule has 0 atom stereocenters. The lowest BCUT2D eigenvalue weighted by Gasteiger charge is -2.10. The number of rotatable bonds is 4. The van der Waals surface area contributed by atoms with Gasteiger partial charge in [0.25, 0.3) is 5.91 Å². The molecule has 1 N–H and O–H groups in total. The number of amides is 1. The monoisotopic (exact) mass is 402 g/mol. The number of carbonyl (C=O) groups is 1. The lowest BCUT2D eigenvalue weighted by Crippen LogP contribution is -2.23. The molecule has 2 aromatic carbocycles. The number of nitrogens with one attached hydrogen (secondary N) is 1. The summed E-state index contributed by atoms with van der Waals surface area (Å²) in [4.78, 5) is 17.1. The first kappa shape index (κ1) is 17.4. The number of ether oxygens (including phenoxy) is 1. The van der Waals surface area contributed by atoms with E-state index < -0.39 is 5.82 Å². The van der Waals surface area contributed by atoms with E-state index in [-0.39, 0.29) is 18.2 Å². The standard InChI is InChI=1S/C19H16BrFN2O2/c1-11-7-15(14-5-4-13(20)9-17(14)23-11)19(24)22-10-12-3-6-18(25-2)16(21)8-12/h3-9H,10H2,1-2H3,(H,22,24). The van der Waals surface area contributed by atoms with Gasteiger partial charge in [-0.2, -0.15) is 0 Å². The van der Waals surface area contributed by atoms with E-state index in [4.69, 9.17) is 4.74 Å². The number of aryl methyl sites for hydroxylation is 1. The van der Waals surface area contributed by atoms with Crippen molar-refractivity contribution in [1.29, 1.82) is 0 Å². The van der Waals surface area contributed by atoms with Gasteiger partial charge < -0.3 is 10.1 Å². The summed E-state index contributed by atoms with van der Waals surface area (Å²) in [5.41, 5.74) is 2.70. The Labute approximate surface area is 153 Å². The van der Waals surface area contributed by atoms with E-state index in [2.05, 4.69) is 26.2 Å². The lowest BCUT2D eigenvalue weighted by molar-refractivity contribution is 0.0952. The molecule has 1 aromatic heterocycles. The predicted octanol–water partition coefficient (Wildman–Crippen LogP) is 4.38. The Morgan fingerprint density at radius 1 is 1.24 bits per heavy atom. The summed E-state index contributed by atoms with van der Waals surface area (Å²) in [6.45, 7) is 2.06. The molecule has 3 rings (SSSR count). The minimum atomic E-state index is -0.454. The van der Waals surface area contributed by atoms with Crippen LogP contribution in [-0.2, 0) is 6.54 Å². The van der Waals surface area contributed by atoms with Crippen molar-refractivity contribution in [1.82, 2.24) is 10.3 Å². The summed E-state index contributed by atoms with van der Waals surface area (Å²) in [6.07, 6.45) is 0. The van der Waals surface area contributed by atoms with Crippen LogP contribution in [0.15, 0.2) is 46.9 Å². The molecule has 128 valence electrons. The second-order valence-corrected chi connectivity index (χ2v) is 6.54. The molecule has 0 saturated heterocycles. The normalized spacial score (nSPS) is 10.7. The van der Waals surface area contributed by atoms with Gasteiger partial charge in [-0.05, 0) is 42.8 Å². The second-order valence-electron chi connectivity index (χ2n) is 5.62. The van der Waals surface area contributed by atoms with Gasteiger partial charge in [0.1, 0.15) is 0 Å². The number of hydrogen-bond donors (Lipinski definition) is 1. The Morgan fingerprint density at radius 2 is 2.04 bits per heavy atom. The van der Waals surface area contributed by atoms with Gasteiger partial charge in [-0.3, -0.25) is 9.78 Å². The molecule has 4 nitrogen and oxygen atoms in total. The van der Waals surface area contributed by atoms with Crippen LogP contribution in [0, 0.1) is 12.7 Å². The zero-order valence-electron chi connectivity index (χ0n) is 13.8. The number of nitrogens with zero attached hydrogens (tertiary/aromatic N) is 1. The maximum atomic E-state index is 13.7. The van der Waals surface area contributed by atoms with Crippen molar-refractivity contribution >= 4 is 32.7 Å². The molecule has 0 bridgehead atoms. The lowest BCUT2D eigenvalue weighted by atomic mass is 10.1. The van der Waals surface area contributed by atoms with Crippen molar-refractivity contribution in [3.05, 3.63) is 69.6 Å². The molecule has 0 aliphatic carbocycles. The van der Waals surface area contributed by atoms with Crippen LogP contribution in [0.25, 0.3) is 10.9 Å². The van der Waals surface area contributed by atoms with Crippen molar-refractivity contribution in [3.63, 3.8) is 0 Å². The van der Waals surface area contributed by atoms with Crippen LogP contribution in [-0.4, -0.2) is 18.0 Å². The number of pyridine rings is 1. The molecule has 0 radical (unpaired) electrons. The molecule has 25 heavy (non-hydrogen) atoms. The van der Waals surface area contributed by atoms with E-state index in [1.165, 1.54) is 13.2 Å². The van der Waals surface area contributed by atoms with Crippen LogP contribution < -0.4 is 10.1 Å². The van der Waals surface area contributed by atoms with Gasteiger partial charge in [0.15, 0.2) is 11.6 Å². The molecule has 0 aliphatic heterocycles. The Hall–Kier alpha value is -2.47. The fraction of sp³-hybridized carbons (Fsp3) is 0.158. The van der Waals surface area contributed by atoms with Crippen LogP contribution in [0.1, 0.15) is 21.6 Å². The third kappa shape index (κ3) is 3.79. The molecular weight excluding hydrogens is 387 g/mol. The van der Waals surface area contributed by atoms with Gasteiger partial charge in [-0.1, -0.05) is 28.1 Å². The third-order valence-electron chi connectivity index (χ3n) is 3.81. The summed E-state index contributed by atoms with van der Waals surface area (Å²) in [6, 6.07) is 12.0. The minimum Gasteiger partial charge on any atom is -0.494 e. The minimum absolute atomic E-state index is 0.177. The highest BCUT2D eigenvalue weighted by atomic mass is 79.9. The quantitative estimate of drug-likeness (QED) is 0.704. The molecule has 1 amide bonds. The van der Waals surface area contributed by atoms with Crippen molar-refractivity contribution in [2.24, 2.45) is 0 Å². The highest BCUT2D eigenvalue weighted by molar-refractivity contribution is 9.10. The largest absolute Gasteiger partial charge is 0.494 e. The van der Waals surface area contributed by atoms with Gasteiger partial charge in [0.05, 0.1) is 18.2 Å². The molecule has 0 aliphatic rings. The van der Waals surface area contributed by atoms with Crippen LogP contribution in [0.4, 0.5) is 4.39 Å². The topological polar surface area (TPSA) is 51.2 Å². The number of carbonyl (C=O) groups excluding carboxylic acids is 1. The number of fused-ring (bicyclic) bond motifs is 1. The van der Waals surface area contributed by atoms with E-state index in [0.29, 0.717) is 11.1 Å². The van der Waals surface area contributed by atoms with Crippen LogP contribution in [0.5, 0.6) is 5.75 Å². The molecule has 0 saturated carbocycles. The predicted molar refractivity (Wildman–Crippen MR) is 98.3 cm³/mol. The number of halogens is 2. The van der Waals surface area contributed by atoms with Crippen molar-refractivity contribution in [2.75, 3.05) is 7.11 Å². The van der Waals surface area contributed by atoms with Gasteiger partial charge >= 0.3 is 0 Å². The van der Waals surface area contributed by atoms with Crippen molar-refractivity contribution in [3.8, 4) is 5.75 Å². The number of methoxy groups -OCH3 is 1. The van der Waals surface area contributed by atoms with Gasteiger partial charge in [-0.25, -0.2) is 4.39 Å². The first-order chi connectivity index (χ1) is 12.0. The molecule has 1 heterocycles. The van der Waals surface area contributed by atoms with Gasteiger partial charge in [0.2, 0.25) is 0 Å². The highest BCUT2D eigenvalue weighted by Gasteiger charge is 2.13. The maximum absolute atomic E-state index is 13.7. The third-order valence-corrected chi connectivity index (χ3v) is 4.31. The molecule has 6 heteroatoms. The van der Waals surface area contributed by atoms with E-state index in [1.807, 2.05) is 25.1 Å². The summed E-state index contributed by atoms with van der Waals surface area (Å²) >= 11 is 3.41. The maximum Gasteiger partial charge on any atom is 0.252 e. The first-order valence-corrected chi connectivity index (χ1v) is 8.45. The average Bonchev–Trinajstić information content (AvgIpc) is 2.58. The van der Waals surface area contributed by atoms with Gasteiger partial charge in [0, 0.05) is 22.1 Å². The number of aromatic nitrogens is 1. The Morgan fingerprint density at radius 3 is 2.76 bits per heavy atom. The van der Waals surface area contributed by atoms with Gasteiger partial charge in [-0.15, -0.1) is 0 Å². The summed E-state index contributed by atoms with van der Waals surface area (Å²) in [7, 11) is 1.41. The molecule has 0 spiro atoms. The Balaban J connectivity index is 1.84. The molecule has 3 aromatic rings. The summed E-state index contributed by atoms with van der Waals surface area (Å²) < 4.78 is 19.5. The highest BCUT2D eigenvalue weighted by Crippen LogP contribution is 2.23. The Bertz CT molecular complexity index is 954. The van der Waals surface area contributed by atoms with Crippen molar-refractivity contribution < 1.29 is 13.9 Å². The molecule has 0 unspecified atom stereocenters. The zero-order chi connectivity index (χ0) is 18.0. The van der Waals surface area contributed by atoms with E-state index in [0.717, 1.165) is 21.1 Å². The zero-order valence-corrected chi connectivity index (χ0v) is 15.4. The van der Waals surface area contributed by atoms with Crippen LogP contribution in [0.3, 0.4) is 0 Å². The van der Waals surface area contributed by atoms with Crippen LogP contribution in [0.2, 0.25) is 0 Å². The summed E-state index contributed by atoms with van der Waals surface area (Å²) in [5.74, 6) is -0.505. The van der Waals surface area contributed by atoms with Crippen molar-refractivity contribution in [2.45, 2.75) is 13.5 Å². The number of hydrogen-bond acceptors (Lipinski definition) is 3. The summed E-state index contributed by atoms with van der Waals surface area (Å²) in [5, 5.41) is 3.60. The second kappa shape index (κ2) is 7.19. The molecule has 0 fully saturated rings. The van der Waals surface area contributed by atoms with E-state index in [9.17, 15) is 9.18 Å². The fourth-order valence-corrected chi connectivity index (χ4v) is 2.97. The fourth-order valence-electron chi connectivity index (χ4n) is 2.62. The first-order valence-electron chi connectivity index (χ1n) is 7.65. The van der Waals surface area contributed by atoms with Crippen LogP contribution >= 0.6 is 15.9 Å².